The van der Waals surface area contributed by atoms with E-state index >= 15 is 0 Å². The number of methoxy groups -OCH3 is 1. The van der Waals surface area contributed by atoms with Gasteiger partial charge in [-0.25, -0.2) is 9.59 Å². The monoisotopic (exact) mass is 340 g/mol. The zero-order chi connectivity index (χ0) is 18.1. The lowest BCUT2D eigenvalue weighted by molar-refractivity contribution is 0.0601. The largest absolute Gasteiger partial charge is 0.465 e. The van der Waals surface area contributed by atoms with E-state index in [0.29, 0.717) is 17.8 Å². The molecule has 3 rings (SSSR count). The molecule has 0 aliphatic heterocycles. The predicted octanol–water partition coefficient (Wildman–Crippen LogP) is 1.86. The van der Waals surface area contributed by atoms with Crippen molar-refractivity contribution < 1.29 is 9.53 Å². The number of ether oxygens (including phenoxy) is 1. The van der Waals surface area contributed by atoms with E-state index in [-0.39, 0.29) is 5.69 Å². The fourth-order valence-electron chi connectivity index (χ4n) is 2.83. The fourth-order valence-corrected chi connectivity index (χ4v) is 2.83. The van der Waals surface area contributed by atoms with Crippen molar-refractivity contribution in [2.24, 2.45) is 14.1 Å². The van der Waals surface area contributed by atoms with E-state index in [0.717, 1.165) is 22.3 Å². The number of aryl methyl sites for hydroxylation is 2. The van der Waals surface area contributed by atoms with Gasteiger partial charge in [0, 0.05) is 20.6 Å². The van der Waals surface area contributed by atoms with Crippen LogP contribution in [0, 0.1) is 0 Å². The van der Waals surface area contributed by atoms with Crippen molar-refractivity contribution in [2.45, 2.75) is 6.54 Å². The molecule has 1 aromatic heterocycles. The second-order valence-corrected chi connectivity index (χ2v) is 5.87. The van der Waals surface area contributed by atoms with Crippen LogP contribution in [0.5, 0.6) is 0 Å². The van der Waals surface area contributed by atoms with E-state index in [4.69, 9.17) is 5.73 Å². The lowest BCUT2D eigenvalue weighted by Crippen LogP contribution is -2.19. The summed E-state index contributed by atoms with van der Waals surface area (Å²) in [5.74, 6) is -0.423. The first-order valence-corrected chi connectivity index (χ1v) is 7.78. The van der Waals surface area contributed by atoms with Crippen LogP contribution < -0.4 is 16.7 Å². The van der Waals surface area contributed by atoms with E-state index in [1.807, 2.05) is 18.2 Å². The van der Waals surface area contributed by atoms with Crippen LogP contribution in [-0.2, 0) is 25.4 Å². The number of hydrogen-bond acceptors (Lipinski definition) is 5. The van der Waals surface area contributed by atoms with Crippen molar-refractivity contribution in [1.29, 1.82) is 0 Å². The van der Waals surface area contributed by atoms with Crippen molar-refractivity contribution in [3.63, 3.8) is 0 Å². The molecule has 0 spiro atoms. The number of carbonyl (C=O) groups is 1. The first-order valence-electron chi connectivity index (χ1n) is 7.78. The highest BCUT2D eigenvalue weighted by atomic mass is 16.5. The molecule has 0 atom stereocenters. The summed E-state index contributed by atoms with van der Waals surface area (Å²) in [6, 6.07) is 10.9. The summed E-state index contributed by atoms with van der Waals surface area (Å²) in [6.45, 7) is 0.542. The Bertz CT molecular complexity index is 1020. The third kappa shape index (κ3) is 2.96. The molecule has 0 bridgehead atoms. The van der Waals surface area contributed by atoms with E-state index < -0.39 is 5.97 Å². The number of hydrogen-bond donors (Lipinski definition) is 2. The Morgan fingerprint density at radius 2 is 1.84 bits per heavy atom. The number of fused-ring (bicyclic) bond motifs is 1. The Labute approximate surface area is 144 Å². The van der Waals surface area contributed by atoms with E-state index in [2.05, 4.69) is 10.1 Å². The molecule has 2 aromatic carbocycles. The molecule has 0 amide bonds. The maximum atomic E-state index is 12.0. The SMILES string of the molecule is COC(=O)c1ccc(NCc2ccc3c(c2)n(C)c(=O)n3C)c(N)c1. The Kier molecular flexibility index (Phi) is 4.22. The minimum atomic E-state index is -0.423. The molecule has 1 heterocycles. The van der Waals surface area contributed by atoms with Crippen LogP contribution in [0.3, 0.4) is 0 Å². The van der Waals surface area contributed by atoms with Gasteiger partial charge in [-0.3, -0.25) is 9.13 Å². The van der Waals surface area contributed by atoms with Crippen LogP contribution in [0.2, 0.25) is 0 Å². The molecule has 0 fully saturated rings. The van der Waals surface area contributed by atoms with Gasteiger partial charge in [-0.2, -0.15) is 0 Å². The fraction of sp³-hybridized carbons (Fsp3) is 0.222. The number of nitrogens with zero attached hydrogens (tertiary/aromatic N) is 2. The molecule has 7 nitrogen and oxygen atoms in total. The normalized spacial score (nSPS) is 10.8. The van der Waals surface area contributed by atoms with Crippen molar-refractivity contribution >= 4 is 28.4 Å². The van der Waals surface area contributed by atoms with Crippen LogP contribution in [0.4, 0.5) is 11.4 Å². The minimum absolute atomic E-state index is 0.0530. The number of benzene rings is 2. The van der Waals surface area contributed by atoms with Crippen LogP contribution in [0.15, 0.2) is 41.2 Å². The van der Waals surface area contributed by atoms with Crippen LogP contribution in [0.1, 0.15) is 15.9 Å². The van der Waals surface area contributed by atoms with Crippen LogP contribution >= 0.6 is 0 Å². The molecular weight excluding hydrogens is 320 g/mol. The smallest absolute Gasteiger partial charge is 0.337 e. The number of nitrogen functional groups attached to an aromatic ring is 1. The molecule has 3 aromatic rings. The Balaban J connectivity index is 1.82. The maximum absolute atomic E-state index is 12.0. The summed E-state index contributed by atoms with van der Waals surface area (Å²) >= 11 is 0. The van der Waals surface area contributed by atoms with Crippen LogP contribution in [-0.4, -0.2) is 22.2 Å². The predicted molar refractivity (Wildman–Crippen MR) is 97.7 cm³/mol. The Hall–Kier alpha value is -3.22. The third-order valence-electron chi connectivity index (χ3n) is 4.29. The maximum Gasteiger partial charge on any atom is 0.337 e. The van der Waals surface area contributed by atoms with Crippen molar-refractivity contribution in [2.75, 3.05) is 18.2 Å². The quantitative estimate of drug-likeness (QED) is 0.559. The average Bonchev–Trinajstić information content (AvgIpc) is 2.84. The zero-order valence-corrected chi connectivity index (χ0v) is 14.4. The van der Waals surface area contributed by atoms with Gasteiger partial charge in [0.15, 0.2) is 0 Å². The molecule has 25 heavy (non-hydrogen) atoms. The first-order chi connectivity index (χ1) is 11.9. The summed E-state index contributed by atoms with van der Waals surface area (Å²) < 4.78 is 7.92. The Morgan fingerprint density at radius 1 is 1.12 bits per heavy atom. The molecule has 0 radical (unpaired) electrons. The number of anilines is 2. The second kappa shape index (κ2) is 6.35. The molecule has 7 heteroatoms. The number of nitrogens with one attached hydrogen (secondary N) is 1. The molecule has 0 aliphatic rings. The van der Waals surface area contributed by atoms with Gasteiger partial charge < -0.3 is 15.8 Å². The van der Waals surface area contributed by atoms with Crippen molar-refractivity contribution in [3.8, 4) is 0 Å². The minimum Gasteiger partial charge on any atom is -0.465 e. The van der Waals surface area contributed by atoms with Gasteiger partial charge in [0.2, 0.25) is 0 Å². The molecule has 0 aliphatic carbocycles. The number of nitrogens with two attached hydrogens (primary N) is 1. The third-order valence-corrected chi connectivity index (χ3v) is 4.29. The highest BCUT2D eigenvalue weighted by Gasteiger charge is 2.10. The lowest BCUT2D eigenvalue weighted by atomic mass is 10.1. The molecule has 130 valence electrons. The van der Waals surface area contributed by atoms with E-state index in [9.17, 15) is 9.59 Å². The van der Waals surface area contributed by atoms with E-state index in [1.165, 1.54) is 7.11 Å². The van der Waals surface area contributed by atoms with Gasteiger partial charge in [0.25, 0.3) is 0 Å². The summed E-state index contributed by atoms with van der Waals surface area (Å²) in [5, 5.41) is 3.25. The topological polar surface area (TPSA) is 91.3 Å². The molecule has 0 saturated carbocycles. The summed E-state index contributed by atoms with van der Waals surface area (Å²) in [6.07, 6.45) is 0. The number of esters is 1. The zero-order valence-electron chi connectivity index (χ0n) is 14.4. The average molecular weight is 340 g/mol. The van der Waals surface area contributed by atoms with Gasteiger partial charge in [-0.1, -0.05) is 6.07 Å². The Morgan fingerprint density at radius 3 is 2.52 bits per heavy atom. The first kappa shape index (κ1) is 16.6. The van der Waals surface area contributed by atoms with E-state index in [1.54, 1.807) is 41.4 Å². The van der Waals surface area contributed by atoms with Crippen LogP contribution in [0.25, 0.3) is 11.0 Å². The van der Waals surface area contributed by atoms with Crippen molar-refractivity contribution in [3.05, 3.63) is 58.0 Å². The molecule has 0 saturated heterocycles. The number of carbonyl (C=O) groups excluding carboxylic acids is 1. The number of imidazole rings is 1. The van der Waals surface area contributed by atoms with Crippen molar-refractivity contribution in [1.82, 2.24) is 9.13 Å². The van der Waals surface area contributed by atoms with Gasteiger partial charge >= 0.3 is 11.7 Å². The van der Waals surface area contributed by atoms with Gasteiger partial charge in [-0.15, -0.1) is 0 Å². The summed E-state index contributed by atoms with van der Waals surface area (Å²) in [4.78, 5) is 23.5. The summed E-state index contributed by atoms with van der Waals surface area (Å²) in [7, 11) is 4.84. The molecular formula is C18H20N4O3. The van der Waals surface area contributed by atoms with Gasteiger partial charge in [0.1, 0.15) is 0 Å². The summed E-state index contributed by atoms with van der Waals surface area (Å²) in [5.41, 5.74) is 10.3. The highest BCUT2D eigenvalue weighted by Crippen LogP contribution is 2.22. The molecule has 0 unspecified atom stereocenters. The highest BCUT2D eigenvalue weighted by molar-refractivity contribution is 5.91. The number of rotatable bonds is 4. The van der Waals surface area contributed by atoms with Gasteiger partial charge in [0.05, 0.1) is 35.1 Å². The standard InChI is InChI=1S/C18H20N4O3/c1-21-15-7-4-11(8-16(15)22(2)18(21)24)10-20-14-6-5-12(9-13(14)19)17(23)25-3/h4-9,20H,10,19H2,1-3H3. The van der Waals surface area contributed by atoms with Gasteiger partial charge in [-0.05, 0) is 35.9 Å². The second-order valence-electron chi connectivity index (χ2n) is 5.87. The molecule has 3 N–H and O–H groups in total. The lowest BCUT2D eigenvalue weighted by Gasteiger charge is -2.11. The number of aromatic nitrogens is 2.